The molecule has 0 atom stereocenters. The van der Waals surface area contributed by atoms with Crippen molar-refractivity contribution < 1.29 is 0 Å². The first kappa shape index (κ1) is 9.86. The number of hydrazine groups is 1. The highest BCUT2D eigenvalue weighted by Crippen LogP contribution is 2.22. The van der Waals surface area contributed by atoms with E-state index in [-0.39, 0.29) is 0 Å². The molecule has 0 spiro atoms. The van der Waals surface area contributed by atoms with Gasteiger partial charge in [0.2, 0.25) is 5.95 Å². The van der Waals surface area contributed by atoms with E-state index in [9.17, 15) is 0 Å². The van der Waals surface area contributed by atoms with E-state index in [1.54, 1.807) is 12.5 Å². The van der Waals surface area contributed by atoms with Crippen molar-refractivity contribution in [3.8, 4) is 11.3 Å². The Morgan fingerprint density at radius 1 is 1.35 bits per heavy atom. The molecular formula is C11H12N6. The highest BCUT2D eigenvalue weighted by molar-refractivity contribution is 5.81. The van der Waals surface area contributed by atoms with Crippen LogP contribution in [-0.4, -0.2) is 19.5 Å². The van der Waals surface area contributed by atoms with Gasteiger partial charge in [0, 0.05) is 12.6 Å². The second-order valence-corrected chi connectivity index (χ2v) is 3.85. The molecule has 86 valence electrons. The standard InChI is InChI=1S/C11H12N6/c1-17-6-14-8-4-7(2-3-10(8)17)9-5-13-11(15-9)16-12/h2-6H,12H2,1H3,(H2,13,15,16). The molecule has 0 unspecified atom stereocenters. The molecule has 17 heavy (non-hydrogen) atoms. The van der Waals surface area contributed by atoms with Crippen LogP contribution in [0.25, 0.3) is 22.3 Å². The minimum Gasteiger partial charge on any atom is -0.334 e. The molecule has 0 fully saturated rings. The summed E-state index contributed by atoms with van der Waals surface area (Å²) in [5.74, 6) is 5.82. The summed E-state index contributed by atoms with van der Waals surface area (Å²) in [6.45, 7) is 0. The Hall–Kier alpha value is -2.34. The van der Waals surface area contributed by atoms with Crippen molar-refractivity contribution in [2.75, 3.05) is 5.43 Å². The number of benzene rings is 1. The molecule has 3 rings (SSSR count). The third-order valence-corrected chi connectivity index (χ3v) is 2.75. The average molecular weight is 228 g/mol. The number of hydrogen-bond donors (Lipinski definition) is 3. The molecule has 6 nitrogen and oxygen atoms in total. The quantitative estimate of drug-likeness (QED) is 0.455. The van der Waals surface area contributed by atoms with Crippen LogP contribution in [0.15, 0.2) is 30.7 Å². The fraction of sp³-hybridized carbons (Fsp3) is 0.0909. The summed E-state index contributed by atoms with van der Waals surface area (Å²) in [5, 5.41) is 0. The molecule has 0 aliphatic carbocycles. The highest BCUT2D eigenvalue weighted by Gasteiger charge is 2.05. The van der Waals surface area contributed by atoms with Gasteiger partial charge >= 0.3 is 0 Å². The number of anilines is 1. The van der Waals surface area contributed by atoms with Crippen molar-refractivity contribution >= 4 is 17.0 Å². The van der Waals surface area contributed by atoms with Crippen molar-refractivity contribution in [2.45, 2.75) is 0 Å². The number of rotatable bonds is 2. The number of fused-ring (bicyclic) bond motifs is 1. The number of nitrogens with zero attached hydrogens (tertiary/aromatic N) is 3. The number of nitrogens with one attached hydrogen (secondary N) is 2. The van der Waals surface area contributed by atoms with Gasteiger partial charge in [-0.15, -0.1) is 0 Å². The van der Waals surface area contributed by atoms with Gasteiger partial charge in [-0.3, -0.25) is 5.43 Å². The van der Waals surface area contributed by atoms with Crippen molar-refractivity contribution in [1.29, 1.82) is 0 Å². The third-order valence-electron chi connectivity index (χ3n) is 2.75. The fourth-order valence-corrected chi connectivity index (χ4v) is 1.84. The normalized spacial score (nSPS) is 10.9. The van der Waals surface area contributed by atoms with Gasteiger partial charge < -0.3 is 9.55 Å². The van der Waals surface area contributed by atoms with Crippen LogP contribution in [0.1, 0.15) is 0 Å². The molecule has 0 bridgehead atoms. The van der Waals surface area contributed by atoms with Gasteiger partial charge in [-0.1, -0.05) is 6.07 Å². The molecule has 6 heteroatoms. The number of nitrogens with two attached hydrogens (primary N) is 1. The van der Waals surface area contributed by atoms with E-state index in [1.807, 2.05) is 29.8 Å². The summed E-state index contributed by atoms with van der Waals surface area (Å²) in [6, 6.07) is 6.08. The summed E-state index contributed by atoms with van der Waals surface area (Å²) >= 11 is 0. The number of H-pyrrole nitrogens is 1. The molecular weight excluding hydrogens is 216 g/mol. The lowest BCUT2D eigenvalue weighted by molar-refractivity contribution is 0.948. The van der Waals surface area contributed by atoms with Crippen LogP contribution < -0.4 is 11.3 Å². The molecule has 0 aliphatic rings. The molecule has 2 aromatic heterocycles. The molecule has 0 saturated carbocycles. The lowest BCUT2D eigenvalue weighted by Crippen LogP contribution is -2.07. The summed E-state index contributed by atoms with van der Waals surface area (Å²) in [5.41, 5.74) is 6.47. The number of hydrogen-bond acceptors (Lipinski definition) is 4. The third kappa shape index (κ3) is 1.55. The minimum absolute atomic E-state index is 0.543. The molecule has 0 aliphatic heterocycles. The van der Waals surface area contributed by atoms with Gasteiger partial charge in [0.15, 0.2) is 0 Å². The van der Waals surface area contributed by atoms with E-state index in [4.69, 9.17) is 5.84 Å². The minimum atomic E-state index is 0.543. The van der Waals surface area contributed by atoms with E-state index >= 15 is 0 Å². The molecule has 0 amide bonds. The monoisotopic (exact) mass is 228 g/mol. The van der Waals surface area contributed by atoms with Gasteiger partial charge in [-0.2, -0.15) is 0 Å². The van der Waals surface area contributed by atoms with Crippen LogP contribution in [0.4, 0.5) is 5.95 Å². The molecule has 2 heterocycles. The van der Waals surface area contributed by atoms with Crippen molar-refractivity contribution in [3.05, 3.63) is 30.7 Å². The van der Waals surface area contributed by atoms with Crippen molar-refractivity contribution in [2.24, 2.45) is 12.9 Å². The first-order chi connectivity index (χ1) is 8.28. The van der Waals surface area contributed by atoms with E-state index in [2.05, 4.69) is 20.4 Å². The van der Waals surface area contributed by atoms with E-state index in [0.29, 0.717) is 5.95 Å². The lowest BCUT2D eigenvalue weighted by Gasteiger charge is -1.99. The zero-order valence-corrected chi connectivity index (χ0v) is 9.31. The van der Waals surface area contributed by atoms with Crippen LogP contribution in [0.3, 0.4) is 0 Å². The summed E-state index contributed by atoms with van der Waals surface area (Å²) in [4.78, 5) is 11.5. The Kier molecular flexibility index (Phi) is 2.09. The summed E-state index contributed by atoms with van der Waals surface area (Å²) in [6.07, 6.45) is 3.54. The largest absolute Gasteiger partial charge is 0.334 e. The van der Waals surface area contributed by atoms with Crippen LogP contribution in [0.2, 0.25) is 0 Å². The van der Waals surface area contributed by atoms with Crippen molar-refractivity contribution in [1.82, 2.24) is 19.5 Å². The second-order valence-electron chi connectivity index (χ2n) is 3.85. The topological polar surface area (TPSA) is 84.6 Å². The summed E-state index contributed by atoms with van der Waals surface area (Å²) in [7, 11) is 1.97. The van der Waals surface area contributed by atoms with Crippen molar-refractivity contribution in [3.63, 3.8) is 0 Å². The predicted octanol–water partition coefficient (Wildman–Crippen LogP) is 1.25. The Balaban J connectivity index is 2.11. The van der Waals surface area contributed by atoms with Crippen LogP contribution >= 0.6 is 0 Å². The average Bonchev–Trinajstić information content (AvgIpc) is 2.96. The Morgan fingerprint density at radius 3 is 3.00 bits per heavy atom. The van der Waals surface area contributed by atoms with Gasteiger partial charge in [0.1, 0.15) is 0 Å². The maximum Gasteiger partial charge on any atom is 0.215 e. The molecule has 1 aromatic carbocycles. The van der Waals surface area contributed by atoms with E-state index in [0.717, 1.165) is 22.3 Å². The molecule has 3 aromatic rings. The maximum atomic E-state index is 5.28. The number of imidazole rings is 2. The van der Waals surface area contributed by atoms with Gasteiger partial charge in [0.05, 0.1) is 29.3 Å². The maximum absolute atomic E-state index is 5.28. The number of nitrogen functional groups attached to an aromatic ring is 1. The number of aromatic amines is 1. The van der Waals surface area contributed by atoms with Crippen LogP contribution in [0, 0.1) is 0 Å². The fourth-order valence-electron chi connectivity index (χ4n) is 1.84. The van der Waals surface area contributed by atoms with Crippen LogP contribution in [-0.2, 0) is 7.05 Å². The SMILES string of the molecule is Cn1cnc2cc(-c3cnc(NN)[nH]3)ccc21. The smallest absolute Gasteiger partial charge is 0.215 e. The first-order valence-electron chi connectivity index (χ1n) is 5.21. The van der Waals surface area contributed by atoms with E-state index < -0.39 is 0 Å². The van der Waals surface area contributed by atoms with Gasteiger partial charge in [-0.25, -0.2) is 15.8 Å². The van der Waals surface area contributed by atoms with Crippen LogP contribution in [0.5, 0.6) is 0 Å². The predicted molar refractivity (Wildman–Crippen MR) is 66.1 cm³/mol. The second kappa shape index (κ2) is 3.60. The number of aryl methyl sites for hydroxylation is 1. The highest BCUT2D eigenvalue weighted by atomic mass is 15.3. The number of aromatic nitrogens is 4. The summed E-state index contributed by atoms with van der Waals surface area (Å²) < 4.78 is 1.99. The van der Waals surface area contributed by atoms with Gasteiger partial charge in [-0.05, 0) is 12.1 Å². The Bertz CT molecular complexity index is 665. The Labute approximate surface area is 97.5 Å². The molecule has 0 saturated heterocycles. The van der Waals surface area contributed by atoms with E-state index in [1.165, 1.54) is 0 Å². The zero-order chi connectivity index (χ0) is 11.8. The molecule has 0 radical (unpaired) electrons. The zero-order valence-electron chi connectivity index (χ0n) is 9.31. The Morgan fingerprint density at radius 2 is 2.24 bits per heavy atom. The lowest BCUT2D eigenvalue weighted by atomic mass is 10.1. The molecule has 4 N–H and O–H groups in total. The van der Waals surface area contributed by atoms with Gasteiger partial charge in [0.25, 0.3) is 0 Å². The first-order valence-corrected chi connectivity index (χ1v) is 5.21.